The van der Waals surface area contributed by atoms with Gasteiger partial charge in [-0.3, -0.25) is 4.79 Å². The Labute approximate surface area is 96.7 Å². The Kier molecular flexibility index (Phi) is 5.73. The summed E-state index contributed by atoms with van der Waals surface area (Å²) >= 11 is 0. The lowest BCUT2D eigenvalue weighted by Crippen LogP contribution is -2.33. The van der Waals surface area contributed by atoms with Crippen molar-refractivity contribution < 1.29 is 14.3 Å². The molecule has 0 atom stereocenters. The molecule has 0 radical (unpaired) electrons. The smallest absolute Gasteiger partial charge is 0.246 e. The molecule has 0 unspecified atom stereocenters. The lowest BCUT2D eigenvalue weighted by atomic mass is 10.0. The Morgan fingerprint density at radius 3 is 2.75 bits per heavy atom. The molecule has 1 rings (SSSR count). The highest BCUT2D eigenvalue weighted by atomic mass is 16.5. The standard InChI is InChI=1S/C11H22N2O3/c1-15-6-4-11(2-3-11)9-13-10(14)8-16-7-5-12/h2-9,12H2,1H3,(H,13,14). The van der Waals surface area contributed by atoms with Gasteiger partial charge in [0.25, 0.3) is 0 Å². The molecular weight excluding hydrogens is 208 g/mol. The molecule has 1 saturated carbocycles. The number of methoxy groups -OCH3 is 1. The fraction of sp³-hybridized carbons (Fsp3) is 0.909. The van der Waals surface area contributed by atoms with Crippen LogP contribution in [-0.4, -0.2) is 45.9 Å². The Morgan fingerprint density at radius 2 is 2.19 bits per heavy atom. The molecule has 0 aromatic heterocycles. The first kappa shape index (κ1) is 13.4. The van der Waals surface area contributed by atoms with Crippen LogP contribution in [0.25, 0.3) is 0 Å². The quantitative estimate of drug-likeness (QED) is 0.542. The van der Waals surface area contributed by atoms with Crippen molar-refractivity contribution in [3.63, 3.8) is 0 Å². The van der Waals surface area contributed by atoms with Crippen LogP contribution in [0.15, 0.2) is 0 Å². The number of amides is 1. The molecule has 16 heavy (non-hydrogen) atoms. The Balaban J connectivity index is 2.07. The molecule has 1 aliphatic rings. The average Bonchev–Trinajstić information content (AvgIpc) is 3.05. The minimum Gasteiger partial charge on any atom is -0.385 e. The first-order valence-corrected chi connectivity index (χ1v) is 5.76. The SMILES string of the molecule is COCCC1(CNC(=O)COCCN)CC1. The van der Waals surface area contributed by atoms with Gasteiger partial charge in [-0.05, 0) is 24.7 Å². The molecule has 3 N–H and O–H groups in total. The van der Waals surface area contributed by atoms with Gasteiger partial charge in [0.05, 0.1) is 6.61 Å². The van der Waals surface area contributed by atoms with E-state index in [-0.39, 0.29) is 12.5 Å². The molecular formula is C11H22N2O3. The topological polar surface area (TPSA) is 73.6 Å². The van der Waals surface area contributed by atoms with Crippen LogP contribution >= 0.6 is 0 Å². The fourth-order valence-electron chi connectivity index (χ4n) is 1.60. The van der Waals surface area contributed by atoms with Crippen LogP contribution in [0.2, 0.25) is 0 Å². The normalized spacial score (nSPS) is 17.1. The summed E-state index contributed by atoms with van der Waals surface area (Å²) in [6, 6.07) is 0. The first-order valence-electron chi connectivity index (χ1n) is 5.76. The van der Waals surface area contributed by atoms with Gasteiger partial charge in [-0.1, -0.05) is 0 Å². The maximum absolute atomic E-state index is 11.4. The Morgan fingerprint density at radius 1 is 1.44 bits per heavy atom. The second kappa shape index (κ2) is 6.83. The van der Waals surface area contributed by atoms with E-state index in [1.807, 2.05) is 0 Å². The maximum Gasteiger partial charge on any atom is 0.246 e. The molecule has 0 aromatic rings. The zero-order valence-corrected chi connectivity index (χ0v) is 9.96. The minimum atomic E-state index is -0.0582. The van der Waals surface area contributed by atoms with Crippen LogP contribution in [0.3, 0.4) is 0 Å². The number of ether oxygens (including phenoxy) is 2. The number of carbonyl (C=O) groups is 1. The monoisotopic (exact) mass is 230 g/mol. The van der Waals surface area contributed by atoms with Crippen LogP contribution in [0, 0.1) is 5.41 Å². The molecule has 5 nitrogen and oxygen atoms in total. The molecule has 0 aromatic carbocycles. The van der Waals surface area contributed by atoms with Crippen LogP contribution in [-0.2, 0) is 14.3 Å². The van der Waals surface area contributed by atoms with Crippen molar-refractivity contribution in [1.29, 1.82) is 0 Å². The maximum atomic E-state index is 11.4. The van der Waals surface area contributed by atoms with Gasteiger partial charge in [0.15, 0.2) is 0 Å². The van der Waals surface area contributed by atoms with Crippen molar-refractivity contribution in [3.05, 3.63) is 0 Å². The molecule has 1 fully saturated rings. The fourth-order valence-corrected chi connectivity index (χ4v) is 1.60. The lowest BCUT2D eigenvalue weighted by molar-refractivity contribution is -0.125. The van der Waals surface area contributed by atoms with Crippen LogP contribution in [0.1, 0.15) is 19.3 Å². The van der Waals surface area contributed by atoms with Crippen molar-refractivity contribution in [2.45, 2.75) is 19.3 Å². The molecule has 94 valence electrons. The minimum absolute atomic E-state index is 0.0582. The first-order chi connectivity index (χ1) is 7.72. The van der Waals surface area contributed by atoms with Crippen molar-refractivity contribution in [1.82, 2.24) is 5.32 Å². The number of rotatable bonds is 9. The lowest BCUT2D eigenvalue weighted by Gasteiger charge is -2.15. The zero-order chi connectivity index (χ0) is 11.9. The van der Waals surface area contributed by atoms with Crippen LogP contribution in [0.4, 0.5) is 0 Å². The van der Waals surface area contributed by atoms with E-state index < -0.39 is 0 Å². The molecule has 1 aliphatic carbocycles. The second-order valence-electron chi connectivity index (χ2n) is 4.36. The summed E-state index contributed by atoms with van der Waals surface area (Å²) < 4.78 is 10.1. The predicted octanol–water partition coefficient (Wildman–Crippen LogP) is -0.105. The summed E-state index contributed by atoms with van der Waals surface area (Å²) in [6.07, 6.45) is 3.38. The molecule has 1 amide bonds. The van der Waals surface area contributed by atoms with Gasteiger partial charge in [0, 0.05) is 26.8 Å². The summed E-state index contributed by atoms with van der Waals surface area (Å²) in [6.45, 7) is 2.49. The third kappa shape index (κ3) is 4.92. The van der Waals surface area contributed by atoms with Crippen molar-refractivity contribution in [2.75, 3.05) is 40.0 Å². The van der Waals surface area contributed by atoms with Gasteiger partial charge >= 0.3 is 0 Å². The van der Waals surface area contributed by atoms with Gasteiger partial charge in [0.2, 0.25) is 5.91 Å². The third-order valence-electron chi connectivity index (χ3n) is 2.95. The van der Waals surface area contributed by atoms with Gasteiger partial charge in [-0.25, -0.2) is 0 Å². The Hall–Kier alpha value is -0.650. The number of nitrogens with two attached hydrogens (primary N) is 1. The number of carbonyl (C=O) groups excluding carboxylic acids is 1. The summed E-state index contributed by atoms with van der Waals surface area (Å²) in [5.41, 5.74) is 5.54. The number of nitrogens with one attached hydrogen (secondary N) is 1. The van der Waals surface area contributed by atoms with Gasteiger partial charge in [-0.15, -0.1) is 0 Å². The van der Waals surface area contributed by atoms with E-state index in [0.29, 0.717) is 18.6 Å². The largest absolute Gasteiger partial charge is 0.385 e. The Bertz CT molecular complexity index is 217. The third-order valence-corrected chi connectivity index (χ3v) is 2.95. The van der Waals surface area contributed by atoms with E-state index in [1.165, 1.54) is 12.8 Å². The highest BCUT2D eigenvalue weighted by molar-refractivity contribution is 5.77. The van der Waals surface area contributed by atoms with Crippen molar-refractivity contribution in [3.8, 4) is 0 Å². The van der Waals surface area contributed by atoms with Crippen LogP contribution < -0.4 is 11.1 Å². The van der Waals surface area contributed by atoms with Gasteiger partial charge < -0.3 is 20.5 Å². The van der Waals surface area contributed by atoms with E-state index in [2.05, 4.69) is 5.32 Å². The second-order valence-corrected chi connectivity index (χ2v) is 4.36. The van der Waals surface area contributed by atoms with E-state index in [1.54, 1.807) is 7.11 Å². The summed E-state index contributed by atoms with van der Waals surface area (Å²) in [5, 5.41) is 2.89. The number of hydrogen-bond acceptors (Lipinski definition) is 4. The van der Waals surface area contributed by atoms with Crippen molar-refractivity contribution >= 4 is 5.91 Å². The molecule has 5 heteroatoms. The molecule has 0 heterocycles. The molecule has 0 saturated heterocycles. The molecule has 0 bridgehead atoms. The van der Waals surface area contributed by atoms with Gasteiger partial charge in [0.1, 0.15) is 6.61 Å². The number of hydrogen-bond donors (Lipinski definition) is 2. The average molecular weight is 230 g/mol. The molecule has 0 aliphatic heterocycles. The molecule has 0 spiro atoms. The van der Waals surface area contributed by atoms with E-state index in [9.17, 15) is 4.79 Å². The summed E-state index contributed by atoms with van der Waals surface area (Å²) in [5.74, 6) is -0.0582. The van der Waals surface area contributed by atoms with E-state index in [4.69, 9.17) is 15.2 Å². The summed E-state index contributed by atoms with van der Waals surface area (Å²) in [4.78, 5) is 11.4. The van der Waals surface area contributed by atoms with E-state index >= 15 is 0 Å². The van der Waals surface area contributed by atoms with E-state index in [0.717, 1.165) is 19.6 Å². The highest BCUT2D eigenvalue weighted by Crippen LogP contribution is 2.48. The summed E-state index contributed by atoms with van der Waals surface area (Å²) in [7, 11) is 1.70. The predicted molar refractivity (Wildman–Crippen MR) is 61.0 cm³/mol. The zero-order valence-electron chi connectivity index (χ0n) is 9.96. The highest BCUT2D eigenvalue weighted by Gasteiger charge is 2.41. The van der Waals surface area contributed by atoms with Crippen LogP contribution in [0.5, 0.6) is 0 Å². The van der Waals surface area contributed by atoms with Gasteiger partial charge in [-0.2, -0.15) is 0 Å². The van der Waals surface area contributed by atoms with Crippen molar-refractivity contribution in [2.24, 2.45) is 11.1 Å².